The average Bonchev–Trinajstić information content (AvgIpc) is 2.78. The van der Waals surface area contributed by atoms with Gasteiger partial charge < -0.3 is 14.8 Å². The third-order valence-corrected chi connectivity index (χ3v) is 5.95. The molecule has 0 aliphatic carbocycles. The number of hydrogen-bond acceptors (Lipinski definition) is 4. The zero-order valence-corrected chi connectivity index (χ0v) is 22.1. The predicted octanol–water partition coefficient (Wildman–Crippen LogP) is 7.23. The Morgan fingerprint density at radius 2 is 1.94 bits per heavy atom. The van der Waals surface area contributed by atoms with Gasteiger partial charge in [0.25, 0.3) is 5.91 Å². The van der Waals surface area contributed by atoms with Gasteiger partial charge in [0.1, 0.15) is 18.2 Å². The van der Waals surface area contributed by atoms with Crippen molar-refractivity contribution in [2.45, 2.75) is 13.5 Å². The standard InChI is InChI=1S/C25H19BrClIN2O3/c1-2-32-23-12-17(10-18(14-29)25(31)30-21-5-3-4-20(27)13-21)11-22(28)24(23)33-15-16-6-8-19(26)9-7-16/h3-13H,2,15H2,1H3,(H,30,31)/b18-10+. The van der Waals surface area contributed by atoms with Gasteiger partial charge in [0.05, 0.1) is 10.2 Å². The van der Waals surface area contributed by atoms with E-state index in [-0.39, 0.29) is 5.57 Å². The summed E-state index contributed by atoms with van der Waals surface area (Å²) in [5, 5.41) is 12.7. The van der Waals surface area contributed by atoms with Crippen LogP contribution in [-0.2, 0) is 11.4 Å². The Kier molecular flexibility index (Phi) is 9.18. The molecule has 0 heterocycles. The van der Waals surface area contributed by atoms with E-state index in [1.54, 1.807) is 30.3 Å². The molecule has 8 heteroatoms. The number of carbonyl (C=O) groups excluding carboxylic acids is 1. The number of nitrogens with zero attached hydrogens (tertiary/aromatic N) is 1. The molecule has 1 amide bonds. The van der Waals surface area contributed by atoms with Crippen LogP contribution < -0.4 is 14.8 Å². The van der Waals surface area contributed by atoms with Gasteiger partial charge in [-0.3, -0.25) is 4.79 Å². The summed E-state index contributed by atoms with van der Waals surface area (Å²) in [7, 11) is 0. The van der Waals surface area contributed by atoms with Crippen molar-refractivity contribution in [3.63, 3.8) is 0 Å². The van der Waals surface area contributed by atoms with E-state index in [0.717, 1.165) is 13.6 Å². The maximum absolute atomic E-state index is 12.6. The number of benzene rings is 3. The Morgan fingerprint density at radius 3 is 2.61 bits per heavy atom. The van der Waals surface area contributed by atoms with E-state index in [2.05, 4.69) is 43.8 Å². The van der Waals surface area contributed by atoms with E-state index in [9.17, 15) is 10.1 Å². The van der Waals surface area contributed by atoms with Crippen molar-refractivity contribution in [1.82, 2.24) is 0 Å². The summed E-state index contributed by atoms with van der Waals surface area (Å²) in [6.45, 7) is 2.70. The molecule has 0 fully saturated rings. The van der Waals surface area contributed by atoms with Crippen LogP contribution in [0.3, 0.4) is 0 Å². The van der Waals surface area contributed by atoms with Crippen molar-refractivity contribution in [2.24, 2.45) is 0 Å². The zero-order chi connectivity index (χ0) is 23.8. The van der Waals surface area contributed by atoms with Gasteiger partial charge in [-0.05, 0) is 89.2 Å². The number of anilines is 1. The molecule has 168 valence electrons. The van der Waals surface area contributed by atoms with Gasteiger partial charge in [-0.2, -0.15) is 5.26 Å². The third kappa shape index (κ3) is 7.22. The molecule has 3 aromatic carbocycles. The second kappa shape index (κ2) is 12.1. The molecule has 0 radical (unpaired) electrons. The van der Waals surface area contributed by atoms with Gasteiger partial charge in [0.2, 0.25) is 0 Å². The number of nitriles is 1. The third-order valence-electron chi connectivity index (χ3n) is 4.39. The summed E-state index contributed by atoms with van der Waals surface area (Å²) in [4.78, 5) is 12.6. The molecule has 0 aromatic heterocycles. The lowest BCUT2D eigenvalue weighted by molar-refractivity contribution is -0.112. The van der Waals surface area contributed by atoms with E-state index >= 15 is 0 Å². The summed E-state index contributed by atoms with van der Waals surface area (Å²) >= 11 is 11.5. The largest absolute Gasteiger partial charge is 0.490 e. The summed E-state index contributed by atoms with van der Waals surface area (Å²) in [5.41, 5.74) is 2.13. The molecule has 3 aromatic rings. The molecule has 0 unspecified atom stereocenters. The van der Waals surface area contributed by atoms with Crippen LogP contribution in [0.25, 0.3) is 6.08 Å². The smallest absolute Gasteiger partial charge is 0.266 e. The van der Waals surface area contributed by atoms with Crippen molar-refractivity contribution in [1.29, 1.82) is 5.26 Å². The first kappa shape index (κ1) is 25.1. The monoisotopic (exact) mass is 636 g/mol. The highest BCUT2D eigenvalue weighted by molar-refractivity contribution is 14.1. The normalized spacial score (nSPS) is 10.9. The molecule has 5 nitrogen and oxygen atoms in total. The SMILES string of the molecule is CCOc1cc(/C=C(\C#N)C(=O)Nc2cccc(Cl)c2)cc(I)c1OCc1ccc(Br)cc1. The minimum atomic E-state index is -0.525. The Morgan fingerprint density at radius 1 is 1.18 bits per heavy atom. The van der Waals surface area contributed by atoms with Crippen molar-refractivity contribution in [3.05, 3.63) is 90.4 Å². The van der Waals surface area contributed by atoms with Gasteiger partial charge in [0, 0.05) is 15.2 Å². The molecule has 0 aliphatic heterocycles. The van der Waals surface area contributed by atoms with Crippen molar-refractivity contribution < 1.29 is 14.3 Å². The highest BCUT2D eigenvalue weighted by atomic mass is 127. The Bertz CT molecular complexity index is 1220. The fourth-order valence-corrected chi connectivity index (χ4v) is 4.13. The lowest BCUT2D eigenvalue weighted by Gasteiger charge is -2.15. The number of nitrogens with one attached hydrogen (secondary N) is 1. The van der Waals surface area contributed by atoms with Gasteiger partial charge in [-0.15, -0.1) is 0 Å². The minimum absolute atomic E-state index is 0.0447. The molecular weight excluding hydrogens is 619 g/mol. The van der Waals surface area contributed by atoms with Gasteiger partial charge in [-0.1, -0.05) is 45.7 Å². The second-order valence-corrected chi connectivity index (χ2v) is 9.33. The molecule has 33 heavy (non-hydrogen) atoms. The molecule has 0 saturated carbocycles. The first-order valence-electron chi connectivity index (χ1n) is 9.92. The lowest BCUT2D eigenvalue weighted by Crippen LogP contribution is -2.13. The van der Waals surface area contributed by atoms with Gasteiger partial charge >= 0.3 is 0 Å². The number of halogens is 3. The summed E-state index contributed by atoms with van der Waals surface area (Å²) < 4.78 is 13.6. The average molecular weight is 638 g/mol. The summed E-state index contributed by atoms with van der Waals surface area (Å²) in [5.74, 6) is 0.628. The van der Waals surface area contributed by atoms with Crippen LogP contribution in [-0.4, -0.2) is 12.5 Å². The number of rotatable bonds is 8. The second-order valence-electron chi connectivity index (χ2n) is 6.81. The molecule has 1 N–H and O–H groups in total. The van der Waals surface area contributed by atoms with Crippen LogP contribution in [0, 0.1) is 14.9 Å². The topological polar surface area (TPSA) is 71.3 Å². The van der Waals surface area contributed by atoms with Crippen LogP contribution in [0.2, 0.25) is 5.02 Å². The van der Waals surface area contributed by atoms with Crippen molar-refractivity contribution in [2.75, 3.05) is 11.9 Å². The fraction of sp³-hybridized carbons (Fsp3) is 0.120. The molecule has 0 atom stereocenters. The fourth-order valence-electron chi connectivity index (χ4n) is 2.89. The highest BCUT2D eigenvalue weighted by Crippen LogP contribution is 2.35. The zero-order valence-electron chi connectivity index (χ0n) is 17.6. The maximum Gasteiger partial charge on any atom is 0.266 e. The number of ether oxygens (including phenoxy) is 2. The molecule has 0 saturated heterocycles. The number of carbonyl (C=O) groups is 1. The first-order valence-corrected chi connectivity index (χ1v) is 12.2. The number of hydrogen-bond donors (Lipinski definition) is 1. The van der Waals surface area contributed by atoms with Crippen LogP contribution in [0.5, 0.6) is 11.5 Å². The first-order chi connectivity index (χ1) is 15.9. The van der Waals surface area contributed by atoms with Crippen molar-refractivity contribution >= 4 is 67.8 Å². The van der Waals surface area contributed by atoms with E-state index in [1.165, 1.54) is 6.08 Å². The van der Waals surface area contributed by atoms with Crippen LogP contribution in [0.4, 0.5) is 5.69 Å². The van der Waals surface area contributed by atoms with E-state index < -0.39 is 5.91 Å². The quantitative estimate of drug-likeness (QED) is 0.161. The minimum Gasteiger partial charge on any atom is -0.490 e. The lowest BCUT2D eigenvalue weighted by atomic mass is 10.1. The molecule has 3 rings (SSSR count). The van der Waals surface area contributed by atoms with Gasteiger partial charge in [-0.25, -0.2) is 0 Å². The molecular formula is C25H19BrClIN2O3. The molecule has 0 aliphatic rings. The van der Waals surface area contributed by atoms with Crippen LogP contribution >= 0.6 is 50.1 Å². The Balaban J connectivity index is 1.84. The van der Waals surface area contributed by atoms with E-state index in [0.29, 0.717) is 41.0 Å². The van der Waals surface area contributed by atoms with Crippen molar-refractivity contribution in [3.8, 4) is 17.6 Å². The highest BCUT2D eigenvalue weighted by Gasteiger charge is 2.15. The van der Waals surface area contributed by atoms with Crippen LogP contribution in [0.1, 0.15) is 18.1 Å². The Hall–Kier alpha value is -2.54. The summed E-state index contributed by atoms with van der Waals surface area (Å²) in [6.07, 6.45) is 1.52. The Labute approximate surface area is 219 Å². The predicted molar refractivity (Wildman–Crippen MR) is 142 cm³/mol. The maximum atomic E-state index is 12.6. The van der Waals surface area contributed by atoms with Gasteiger partial charge in [0.15, 0.2) is 11.5 Å². The molecule has 0 bridgehead atoms. The molecule has 0 spiro atoms. The van der Waals surface area contributed by atoms with E-state index in [4.69, 9.17) is 21.1 Å². The van der Waals surface area contributed by atoms with E-state index in [1.807, 2.05) is 43.3 Å². The summed E-state index contributed by atoms with van der Waals surface area (Å²) in [6, 6.07) is 20.2. The van der Waals surface area contributed by atoms with Crippen LogP contribution in [0.15, 0.2) is 70.7 Å². The number of amides is 1.